The number of hydrogen-bond acceptors (Lipinski definition) is 4. The van der Waals surface area contributed by atoms with E-state index in [-0.39, 0.29) is 17.1 Å². The Morgan fingerprint density at radius 1 is 1.03 bits per heavy atom. The van der Waals surface area contributed by atoms with Crippen LogP contribution in [0.4, 0.5) is 5.69 Å². The van der Waals surface area contributed by atoms with Crippen LogP contribution in [0, 0.1) is 0 Å². The molecule has 1 aliphatic carbocycles. The topological polar surface area (TPSA) is 49.3 Å². The third-order valence-electron chi connectivity index (χ3n) is 6.31. The molecule has 2 aliphatic rings. The first-order valence-corrected chi connectivity index (χ1v) is 12.0. The number of thiol groups is 1. The Bertz CT molecular complexity index is 1300. The lowest BCUT2D eigenvalue weighted by molar-refractivity contribution is -0.110. The number of rotatable bonds is 3. The fourth-order valence-electron chi connectivity index (χ4n) is 4.09. The van der Waals surface area contributed by atoms with Gasteiger partial charge in [0.15, 0.2) is 0 Å². The normalized spacial score (nSPS) is 15.7. The quantitative estimate of drug-likeness (QED) is 0.232. The second-order valence-corrected chi connectivity index (χ2v) is 9.59. The number of carbonyl (C=O) groups excluding carboxylic acids is 1. The molecule has 6 rings (SSSR count). The number of thiophene rings is 1. The fourth-order valence-corrected chi connectivity index (χ4v) is 5.38. The van der Waals surface area contributed by atoms with Gasteiger partial charge in [0, 0.05) is 32.9 Å². The van der Waals surface area contributed by atoms with E-state index < -0.39 is 0 Å². The fraction of sp³-hybridized carbons (Fsp3) is 0.148. The van der Waals surface area contributed by atoms with Gasteiger partial charge in [-0.05, 0) is 58.7 Å². The molecular formula is C27H23NO2S2. The third-order valence-corrected chi connectivity index (χ3v) is 7.81. The van der Waals surface area contributed by atoms with E-state index in [1.165, 1.54) is 28.5 Å². The Kier molecular flexibility index (Phi) is 5.31. The average molecular weight is 458 g/mol. The van der Waals surface area contributed by atoms with Gasteiger partial charge in [-0.25, -0.2) is 0 Å². The third kappa shape index (κ3) is 3.72. The number of benzene rings is 3. The zero-order valence-electron chi connectivity index (χ0n) is 17.5. The van der Waals surface area contributed by atoms with Crippen molar-refractivity contribution < 1.29 is 9.90 Å². The highest BCUT2D eigenvalue weighted by molar-refractivity contribution is 7.80. The zero-order valence-corrected chi connectivity index (χ0v) is 19.2. The van der Waals surface area contributed by atoms with Crippen molar-refractivity contribution in [3.8, 4) is 16.9 Å². The van der Waals surface area contributed by atoms with Crippen LogP contribution >= 0.6 is 24.0 Å². The number of aromatic hydroxyl groups is 1. The highest BCUT2D eigenvalue weighted by Crippen LogP contribution is 2.49. The lowest BCUT2D eigenvalue weighted by Gasteiger charge is -2.14. The second kappa shape index (κ2) is 8.15. The average Bonchev–Trinajstić information content (AvgIpc) is 3.38. The molecule has 3 aromatic carbocycles. The van der Waals surface area contributed by atoms with Gasteiger partial charge in [0.05, 0.1) is 5.69 Å². The number of fused-ring (bicyclic) bond motifs is 2. The molecule has 1 aromatic heterocycles. The van der Waals surface area contributed by atoms with Gasteiger partial charge < -0.3 is 10.4 Å². The Morgan fingerprint density at radius 3 is 2.47 bits per heavy atom. The number of phenols is 1. The number of anilines is 1. The van der Waals surface area contributed by atoms with Crippen molar-refractivity contribution in [1.29, 1.82) is 0 Å². The van der Waals surface area contributed by atoms with Gasteiger partial charge in [-0.1, -0.05) is 49.0 Å². The minimum Gasteiger partial charge on any atom is -0.507 e. The first kappa shape index (κ1) is 20.9. The van der Waals surface area contributed by atoms with Crippen LogP contribution in [-0.4, -0.2) is 16.8 Å². The molecule has 2 heterocycles. The second-order valence-electron chi connectivity index (χ2n) is 8.32. The smallest absolute Gasteiger partial charge is 0.255 e. The first-order chi connectivity index (χ1) is 15.5. The molecule has 0 atom stereocenters. The van der Waals surface area contributed by atoms with Crippen LogP contribution in [0.25, 0.3) is 26.8 Å². The largest absolute Gasteiger partial charge is 0.507 e. The van der Waals surface area contributed by atoms with Crippen LogP contribution in [0.15, 0.2) is 78.7 Å². The van der Waals surface area contributed by atoms with Crippen molar-refractivity contribution in [2.24, 2.45) is 0 Å². The molecule has 4 aromatic rings. The lowest BCUT2D eigenvalue weighted by atomic mass is 9.94. The molecule has 2 N–H and O–H groups in total. The Morgan fingerprint density at radius 2 is 1.78 bits per heavy atom. The molecule has 3 nitrogen and oxygen atoms in total. The van der Waals surface area contributed by atoms with Crippen LogP contribution < -0.4 is 5.32 Å². The summed E-state index contributed by atoms with van der Waals surface area (Å²) in [5, 5.41) is 16.5. The molecule has 1 aliphatic heterocycles. The van der Waals surface area contributed by atoms with Crippen molar-refractivity contribution in [2.75, 3.05) is 11.1 Å². The monoisotopic (exact) mass is 457 g/mol. The van der Waals surface area contributed by atoms with Gasteiger partial charge in [0.25, 0.3) is 5.91 Å². The molecule has 1 saturated carbocycles. The van der Waals surface area contributed by atoms with Crippen molar-refractivity contribution in [3.63, 3.8) is 0 Å². The minimum atomic E-state index is -0.212. The van der Waals surface area contributed by atoms with Crippen molar-refractivity contribution in [1.82, 2.24) is 0 Å². The number of carbonyl (C=O) groups is 1. The maximum absolute atomic E-state index is 11.7. The zero-order chi connectivity index (χ0) is 22.3. The van der Waals surface area contributed by atoms with E-state index in [0.717, 1.165) is 16.9 Å². The van der Waals surface area contributed by atoms with Crippen molar-refractivity contribution >= 4 is 51.2 Å². The van der Waals surface area contributed by atoms with Gasteiger partial charge in [-0.3, -0.25) is 4.79 Å². The molecule has 0 saturated heterocycles. The number of amides is 1. The van der Waals surface area contributed by atoms with Crippen LogP contribution in [0.5, 0.6) is 5.75 Å². The van der Waals surface area contributed by atoms with E-state index >= 15 is 0 Å². The highest BCUT2D eigenvalue weighted by atomic mass is 32.1. The number of nitrogens with one attached hydrogen (secondary N) is 1. The minimum absolute atomic E-state index is 0.154. The van der Waals surface area contributed by atoms with Gasteiger partial charge in [-0.15, -0.1) is 11.3 Å². The van der Waals surface area contributed by atoms with E-state index in [0.29, 0.717) is 16.8 Å². The maximum Gasteiger partial charge on any atom is 0.255 e. The summed E-state index contributed by atoms with van der Waals surface area (Å²) in [6.45, 7) is 3.80. The van der Waals surface area contributed by atoms with E-state index in [1.807, 2.05) is 18.2 Å². The number of phenolic OH excluding ortho intramolecular Hbond substituents is 1. The van der Waals surface area contributed by atoms with E-state index in [1.54, 1.807) is 17.4 Å². The van der Waals surface area contributed by atoms with Gasteiger partial charge in [-0.2, -0.15) is 12.6 Å². The predicted molar refractivity (Wildman–Crippen MR) is 138 cm³/mol. The summed E-state index contributed by atoms with van der Waals surface area (Å²) in [7, 11) is 0. The SMILES string of the molecule is C=C1C(=O)Nc2cc(O)c(-c3ccc(C4(CS)CC4)cc3)cc21.c1ccc2sccc2c1. The van der Waals surface area contributed by atoms with Crippen molar-refractivity contribution in [2.45, 2.75) is 18.3 Å². The molecule has 0 bridgehead atoms. The summed E-state index contributed by atoms with van der Waals surface area (Å²) < 4.78 is 1.37. The summed E-state index contributed by atoms with van der Waals surface area (Å²) in [6.07, 6.45) is 2.38. The number of hydrogen-bond donors (Lipinski definition) is 3. The van der Waals surface area contributed by atoms with E-state index in [4.69, 9.17) is 0 Å². The standard InChI is InChI=1S/C19H17NO2S.C8H6S/c1-11-14-8-15(17(21)9-16(14)20-18(11)22)12-2-4-13(5-3-12)19(10-23)6-7-19;1-2-4-8-7(3-1)5-6-9-8/h2-5,8-9,21,23H,1,6-7,10H2,(H,20,22);1-6H. The summed E-state index contributed by atoms with van der Waals surface area (Å²) >= 11 is 6.25. The molecule has 1 amide bonds. The summed E-state index contributed by atoms with van der Waals surface area (Å²) in [6, 6.07) is 22.2. The Labute approximate surface area is 196 Å². The maximum atomic E-state index is 11.7. The molecule has 1 fully saturated rings. The Balaban J connectivity index is 0.000000199. The lowest BCUT2D eigenvalue weighted by Crippen LogP contribution is -2.07. The van der Waals surface area contributed by atoms with Gasteiger partial charge >= 0.3 is 0 Å². The van der Waals surface area contributed by atoms with Gasteiger partial charge in [0.2, 0.25) is 0 Å². The van der Waals surface area contributed by atoms with E-state index in [9.17, 15) is 9.90 Å². The van der Waals surface area contributed by atoms with Crippen LogP contribution in [0.3, 0.4) is 0 Å². The molecule has 5 heteroatoms. The molecular weight excluding hydrogens is 434 g/mol. The highest BCUT2D eigenvalue weighted by Gasteiger charge is 2.42. The molecule has 32 heavy (non-hydrogen) atoms. The van der Waals surface area contributed by atoms with Crippen molar-refractivity contribution in [3.05, 3.63) is 89.8 Å². The van der Waals surface area contributed by atoms with Crippen LogP contribution in [0.2, 0.25) is 0 Å². The van der Waals surface area contributed by atoms with Crippen LogP contribution in [0.1, 0.15) is 24.0 Å². The molecule has 160 valence electrons. The van der Waals surface area contributed by atoms with E-state index in [2.05, 4.69) is 72.4 Å². The Hall–Kier alpha value is -3.02. The molecule has 0 unspecified atom stereocenters. The molecule has 0 radical (unpaired) electrons. The molecule has 0 spiro atoms. The summed E-state index contributed by atoms with van der Waals surface area (Å²) in [5.74, 6) is 0.808. The first-order valence-electron chi connectivity index (χ1n) is 10.5. The summed E-state index contributed by atoms with van der Waals surface area (Å²) in [5.41, 5.74) is 4.99. The van der Waals surface area contributed by atoms with Gasteiger partial charge in [0.1, 0.15) is 5.75 Å². The summed E-state index contributed by atoms with van der Waals surface area (Å²) in [4.78, 5) is 11.7. The predicted octanol–water partition coefficient (Wildman–Crippen LogP) is 6.89. The van der Waals surface area contributed by atoms with Crippen LogP contribution in [-0.2, 0) is 10.2 Å².